The Morgan fingerprint density at radius 3 is 2.24 bits per heavy atom. The van der Waals surface area contributed by atoms with Crippen molar-refractivity contribution in [2.75, 3.05) is 13.2 Å². The molecule has 2 aromatic rings. The van der Waals surface area contributed by atoms with Crippen LogP contribution in [-0.4, -0.2) is 24.1 Å². The van der Waals surface area contributed by atoms with E-state index in [0.29, 0.717) is 13.0 Å². The van der Waals surface area contributed by atoms with Gasteiger partial charge in [0.15, 0.2) is 0 Å². The molecular weight excluding hydrogens is 316 g/mol. The number of hydrogen-bond donors (Lipinski definition) is 0. The average Bonchev–Trinajstić information content (AvgIpc) is 2.68. The molecule has 0 N–H and O–H groups in total. The standard InChI is InChI=1S/C20H22N2O3/c1-2-25-20(23)18-14-22(21-24)19(16-11-7-4-8-12-16)13-17(18)15-9-5-3-6-10-15/h3-12,17-19H,2,13-14H2,1H3/t17-,18-,19-/m1/s1. The summed E-state index contributed by atoms with van der Waals surface area (Å²) >= 11 is 0. The van der Waals surface area contributed by atoms with Crippen LogP contribution in [0.1, 0.15) is 36.4 Å². The molecule has 0 amide bonds. The molecule has 0 bridgehead atoms. The second-order valence-corrected chi connectivity index (χ2v) is 6.24. The zero-order valence-electron chi connectivity index (χ0n) is 14.2. The van der Waals surface area contributed by atoms with Crippen LogP contribution in [0.3, 0.4) is 0 Å². The Labute approximate surface area is 147 Å². The maximum Gasteiger partial charge on any atom is 0.311 e. The third kappa shape index (κ3) is 3.71. The van der Waals surface area contributed by atoms with Gasteiger partial charge in [-0.15, -0.1) is 4.91 Å². The molecule has 1 fully saturated rings. The summed E-state index contributed by atoms with van der Waals surface area (Å²) in [6.07, 6.45) is 0.642. The number of esters is 1. The van der Waals surface area contributed by atoms with Gasteiger partial charge < -0.3 is 4.74 Å². The Kier molecular flexibility index (Phi) is 5.43. The third-order valence-electron chi connectivity index (χ3n) is 4.81. The van der Waals surface area contributed by atoms with Gasteiger partial charge in [-0.25, -0.2) is 0 Å². The summed E-state index contributed by atoms with van der Waals surface area (Å²) in [6, 6.07) is 19.7. The minimum absolute atomic E-state index is 0.0107. The summed E-state index contributed by atoms with van der Waals surface area (Å²) < 4.78 is 5.26. The van der Waals surface area contributed by atoms with E-state index in [9.17, 15) is 9.70 Å². The number of hydrogen-bond acceptors (Lipinski definition) is 4. The van der Waals surface area contributed by atoms with Gasteiger partial charge in [-0.2, -0.15) is 0 Å². The first-order valence-corrected chi connectivity index (χ1v) is 8.61. The van der Waals surface area contributed by atoms with E-state index >= 15 is 0 Å². The lowest BCUT2D eigenvalue weighted by Crippen LogP contribution is -2.42. The maximum atomic E-state index is 12.5. The van der Waals surface area contributed by atoms with Gasteiger partial charge in [0.05, 0.1) is 30.4 Å². The molecule has 3 atom stereocenters. The first-order valence-electron chi connectivity index (χ1n) is 8.61. The van der Waals surface area contributed by atoms with Crippen LogP contribution in [0.4, 0.5) is 0 Å². The van der Waals surface area contributed by atoms with Crippen molar-refractivity contribution in [2.24, 2.45) is 11.2 Å². The SMILES string of the molecule is CCOC(=O)[C@@H]1CN(N=O)[C@@H](c2ccccc2)C[C@@H]1c1ccccc1. The summed E-state index contributed by atoms with van der Waals surface area (Å²) in [5.74, 6) is -0.681. The fourth-order valence-corrected chi connectivity index (χ4v) is 3.61. The molecule has 1 aliphatic heterocycles. The zero-order chi connectivity index (χ0) is 17.6. The largest absolute Gasteiger partial charge is 0.466 e. The second kappa shape index (κ2) is 7.92. The highest BCUT2D eigenvalue weighted by Gasteiger charge is 2.41. The Hall–Kier alpha value is -2.69. The summed E-state index contributed by atoms with van der Waals surface area (Å²) in [7, 11) is 0. The molecule has 25 heavy (non-hydrogen) atoms. The number of nitrogens with zero attached hydrogens (tertiary/aromatic N) is 2. The Bertz CT molecular complexity index is 705. The van der Waals surface area contributed by atoms with Crippen molar-refractivity contribution in [1.29, 1.82) is 0 Å². The summed E-state index contributed by atoms with van der Waals surface area (Å²) in [5.41, 5.74) is 2.12. The third-order valence-corrected chi connectivity index (χ3v) is 4.81. The van der Waals surface area contributed by atoms with Crippen LogP contribution in [0.5, 0.6) is 0 Å². The molecule has 0 saturated carbocycles. The Morgan fingerprint density at radius 1 is 1.08 bits per heavy atom. The highest BCUT2D eigenvalue weighted by Crippen LogP contribution is 2.43. The summed E-state index contributed by atoms with van der Waals surface area (Å²) in [6.45, 7) is 2.38. The molecule has 1 aliphatic rings. The van der Waals surface area contributed by atoms with Crippen LogP contribution in [-0.2, 0) is 9.53 Å². The molecule has 1 heterocycles. The highest BCUT2D eigenvalue weighted by atomic mass is 16.5. The van der Waals surface area contributed by atoms with E-state index in [2.05, 4.69) is 5.29 Å². The second-order valence-electron chi connectivity index (χ2n) is 6.24. The molecule has 1 saturated heterocycles. The van der Waals surface area contributed by atoms with Crippen LogP contribution < -0.4 is 0 Å². The van der Waals surface area contributed by atoms with E-state index in [1.54, 1.807) is 6.92 Å². The van der Waals surface area contributed by atoms with Gasteiger partial charge in [0.1, 0.15) is 0 Å². The van der Waals surface area contributed by atoms with E-state index in [1.807, 2.05) is 60.7 Å². The lowest BCUT2D eigenvalue weighted by Gasteiger charge is -2.40. The monoisotopic (exact) mass is 338 g/mol. The lowest BCUT2D eigenvalue weighted by molar-refractivity contribution is -0.151. The number of piperidine rings is 1. The molecule has 0 aliphatic carbocycles. The van der Waals surface area contributed by atoms with Crippen molar-refractivity contribution in [3.05, 3.63) is 76.7 Å². The molecule has 5 heteroatoms. The zero-order valence-corrected chi connectivity index (χ0v) is 14.2. The van der Waals surface area contributed by atoms with Gasteiger partial charge in [0.25, 0.3) is 0 Å². The molecule has 0 radical (unpaired) electrons. The van der Waals surface area contributed by atoms with Crippen molar-refractivity contribution < 1.29 is 9.53 Å². The summed E-state index contributed by atoms with van der Waals surface area (Å²) in [4.78, 5) is 23.9. The predicted molar refractivity (Wildman–Crippen MR) is 95.6 cm³/mol. The van der Waals surface area contributed by atoms with Crippen LogP contribution >= 0.6 is 0 Å². The minimum Gasteiger partial charge on any atom is -0.466 e. The number of benzene rings is 2. The van der Waals surface area contributed by atoms with E-state index in [4.69, 9.17) is 4.74 Å². The van der Waals surface area contributed by atoms with Gasteiger partial charge in [0, 0.05) is 5.92 Å². The molecule has 5 nitrogen and oxygen atoms in total. The first-order chi connectivity index (χ1) is 12.2. The number of carbonyl (C=O) groups excluding carboxylic acids is 1. The first kappa shape index (κ1) is 17.1. The van der Waals surface area contributed by atoms with E-state index in [0.717, 1.165) is 11.1 Å². The van der Waals surface area contributed by atoms with Crippen molar-refractivity contribution in [3.63, 3.8) is 0 Å². The Morgan fingerprint density at radius 2 is 1.68 bits per heavy atom. The van der Waals surface area contributed by atoms with Gasteiger partial charge in [-0.3, -0.25) is 9.80 Å². The summed E-state index contributed by atoms with van der Waals surface area (Å²) in [5, 5.41) is 4.68. The normalized spacial score (nSPS) is 23.1. The smallest absolute Gasteiger partial charge is 0.311 e. The molecule has 0 aromatic heterocycles. The van der Waals surface area contributed by atoms with Gasteiger partial charge >= 0.3 is 5.97 Å². The van der Waals surface area contributed by atoms with Crippen molar-refractivity contribution in [3.8, 4) is 0 Å². The lowest BCUT2D eigenvalue weighted by atomic mass is 9.76. The number of nitroso groups, excluding NO2 is 1. The maximum absolute atomic E-state index is 12.5. The quantitative estimate of drug-likeness (QED) is 0.609. The topological polar surface area (TPSA) is 59.0 Å². The highest BCUT2D eigenvalue weighted by molar-refractivity contribution is 5.74. The molecule has 2 aromatic carbocycles. The average molecular weight is 338 g/mol. The number of ether oxygens (including phenoxy) is 1. The molecule has 3 rings (SSSR count). The fourth-order valence-electron chi connectivity index (χ4n) is 3.61. The van der Waals surface area contributed by atoms with Crippen molar-refractivity contribution in [2.45, 2.75) is 25.3 Å². The molecular formula is C20H22N2O3. The van der Waals surface area contributed by atoms with Crippen LogP contribution in [0, 0.1) is 10.8 Å². The van der Waals surface area contributed by atoms with Crippen LogP contribution in [0.25, 0.3) is 0 Å². The number of rotatable bonds is 5. The minimum atomic E-state index is -0.403. The number of carbonyl (C=O) groups is 1. The van der Waals surface area contributed by atoms with Crippen LogP contribution in [0.15, 0.2) is 65.9 Å². The van der Waals surface area contributed by atoms with Gasteiger partial charge in [-0.1, -0.05) is 60.7 Å². The van der Waals surface area contributed by atoms with Crippen molar-refractivity contribution >= 4 is 5.97 Å². The van der Waals surface area contributed by atoms with Gasteiger partial charge in [0.2, 0.25) is 0 Å². The molecule has 130 valence electrons. The van der Waals surface area contributed by atoms with E-state index < -0.39 is 5.92 Å². The van der Waals surface area contributed by atoms with Crippen molar-refractivity contribution in [1.82, 2.24) is 5.01 Å². The van der Waals surface area contributed by atoms with E-state index in [-0.39, 0.29) is 24.5 Å². The molecule has 0 spiro atoms. The predicted octanol–water partition coefficient (Wildman–Crippen LogP) is 4.08. The van der Waals surface area contributed by atoms with Gasteiger partial charge in [-0.05, 0) is 24.5 Å². The van der Waals surface area contributed by atoms with E-state index in [1.165, 1.54) is 5.01 Å². The Balaban J connectivity index is 1.95. The fraction of sp³-hybridized carbons (Fsp3) is 0.350. The van der Waals surface area contributed by atoms with Crippen LogP contribution in [0.2, 0.25) is 0 Å². The molecule has 0 unspecified atom stereocenters.